The summed E-state index contributed by atoms with van der Waals surface area (Å²) in [5.74, 6) is -0.200. The second kappa shape index (κ2) is 10.9. The molecule has 0 N–H and O–H groups in total. The molecule has 2 heterocycles. The minimum Gasteiger partial charge on any atom is -0.309 e. The van der Waals surface area contributed by atoms with Gasteiger partial charge in [-0.2, -0.15) is 4.31 Å². The van der Waals surface area contributed by atoms with Crippen molar-refractivity contribution in [1.82, 2.24) is 14.2 Å². The summed E-state index contributed by atoms with van der Waals surface area (Å²) in [6.45, 7) is 4.37. The molecule has 10 heteroatoms. The van der Waals surface area contributed by atoms with E-state index in [1.54, 1.807) is 17.0 Å². The second-order valence-electron chi connectivity index (χ2n) is 9.17. The summed E-state index contributed by atoms with van der Waals surface area (Å²) in [5.41, 5.74) is 2.23. The first-order valence-corrected chi connectivity index (χ1v) is 14.4. The van der Waals surface area contributed by atoms with E-state index in [0.29, 0.717) is 35.4 Å². The Hall–Kier alpha value is -2.04. The lowest BCUT2D eigenvalue weighted by Crippen LogP contribution is -2.35. The van der Waals surface area contributed by atoms with Gasteiger partial charge in [0.2, 0.25) is 10.0 Å². The van der Waals surface area contributed by atoms with E-state index in [0.717, 1.165) is 48.0 Å². The lowest BCUT2D eigenvalue weighted by molar-refractivity contribution is 0.0986. The van der Waals surface area contributed by atoms with Crippen molar-refractivity contribution < 1.29 is 13.2 Å². The average molecular weight is 535 g/mol. The number of rotatable bonds is 8. The molecule has 7 nitrogen and oxygen atoms in total. The number of nitrogens with zero attached hydrogens (tertiary/aromatic N) is 4. The van der Waals surface area contributed by atoms with E-state index in [1.807, 2.05) is 33.2 Å². The van der Waals surface area contributed by atoms with Crippen molar-refractivity contribution in [1.29, 1.82) is 0 Å². The molecule has 1 amide bonds. The Labute approximate surface area is 216 Å². The third-order valence-electron chi connectivity index (χ3n) is 6.16. The quantitative estimate of drug-likeness (QED) is 0.405. The molecular weight excluding hydrogens is 504 g/mol. The number of hydrogen-bond donors (Lipinski definition) is 0. The minimum absolute atomic E-state index is 0.200. The fraction of sp³-hybridized carbons (Fsp3) is 0.440. The summed E-state index contributed by atoms with van der Waals surface area (Å²) in [4.78, 5) is 22.4. The molecule has 0 bridgehead atoms. The van der Waals surface area contributed by atoms with E-state index >= 15 is 0 Å². The highest BCUT2D eigenvalue weighted by Gasteiger charge is 2.27. The van der Waals surface area contributed by atoms with Crippen molar-refractivity contribution in [2.75, 3.05) is 45.2 Å². The number of sulfonamides is 1. The molecule has 0 radical (unpaired) electrons. The van der Waals surface area contributed by atoms with Crippen LogP contribution in [0.25, 0.3) is 10.2 Å². The number of benzene rings is 2. The van der Waals surface area contributed by atoms with Gasteiger partial charge in [0.15, 0.2) is 5.13 Å². The molecule has 2 aromatic carbocycles. The molecule has 35 heavy (non-hydrogen) atoms. The van der Waals surface area contributed by atoms with Crippen molar-refractivity contribution in [3.05, 3.63) is 52.5 Å². The molecule has 1 fully saturated rings. The lowest BCUT2D eigenvalue weighted by Gasteiger charge is -2.26. The molecule has 1 aliphatic heterocycles. The molecule has 0 atom stereocenters. The van der Waals surface area contributed by atoms with Gasteiger partial charge in [0.25, 0.3) is 5.91 Å². The van der Waals surface area contributed by atoms with Crippen LogP contribution in [-0.4, -0.2) is 68.8 Å². The highest BCUT2D eigenvalue weighted by molar-refractivity contribution is 7.89. The Bertz CT molecular complexity index is 1300. The molecule has 1 aliphatic rings. The van der Waals surface area contributed by atoms with Gasteiger partial charge < -0.3 is 4.90 Å². The highest BCUT2D eigenvalue weighted by atomic mass is 35.5. The van der Waals surface area contributed by atoms with Crippen molar-refractivity contribution >= 4 is 54.2 Å². The van der Waals surface area contributed by atoms with Crippen LogP contribution >= 0.6 is 22.9 Å². The number of carbonyl (C=O) groups excluding carboxylic acids is 1. The van der Waals surface area contributed by atoms with Crippen LogP contribution in [0.5, 0.6) is 0 Å². The van der Waals surface area contributed by atoms with Gasteiger partial charge in [-0.05, 0) is 88.8 Å². The summed E-state index contributed by atoms with van der Waals surface area (Å²) >= 11 is 7.67. The van der Waals surface area contributed by atoms with Gasteiger partial charge in [-0.25, -0.2) is 13.4 Å². The van der Waals surface area contributed by atoms with Crippen LogP contribution in [-0.2, 0) is 10.0 Å². The zero-order valence-corrected chi connectivity index (χ0v) is 22.7. The first kappa shape index (κ1) is 26.0. The number of aryl methyl sites for hydroxylation is 1. The maximum atomic E-state index is 13.6. The largest absolute Gasteiger partial charge is 0.309 e. The highest BCUT2D eigenvalue weighted by Crippen LogP contribution is 2.34. The molecular formula is C25H31ClN4O3S2. The van der Waals surface area contributed by atoms with E-state index in [-0.39, 0.29) is 10.8 Å². The first-order valence-electron chi connectivity index (χ1n) is 11.8. The predicted molar refractivity (Wildman–Crippen MR) is 143 cm³/mol. The van der Waals surface area contributed by atoms with Crippen molar-refractivity contribution in [3.8, 4) is 0 Å². The molecule has 0 unspecified atom stereocenters. The zero-order chi connectivity index (χ0) is 25.2. The molecule has 188 valence electrons. The zero-order valence-electron chi connectivity index (χ0n) is 20.3. The van der Waals surface area contributed by atoms with Crippen molar-refractivity contribution in [3.63, 3.8) is 0 Å². The molecule has 0 spiro atoms. The molecule has 3 aromatic rings. The number of amides is 1. The SMILES string of the molecule is Cc1cc(Cl)cc2sc(N(CCCN(C)C)C(=O)c3ccc(S(=O)(=O)N4CCCCC4)cc3)nc12. The van der Waals surface area contributed by atoms with E-state index in [2.05, 4.69) is 4.90 Å². The van der Waals surface area contributed by atoms with E-state index in [4.69, 9.17) is 16.6 Å². The summed E-state index contributed by atoms with van der Waals surface area (Å²) in [6.07, 6.45) is 3.59. The second-order valence-corrected chi connectivity index (χ2v) is 12.6. The molecule has 0 saturated carbocycles. The van der Waals surface area contributed by atoms with Gasteiger partial charge in [0.1, 0.15) is 0 Å². The molecule has 1 aromatic heterocycles. The van der Waals surface area contributed by atoms with Gasteiger partial charge >= 0.3 is 0 Å². The van der Waals surface area contributed by atoms with Crippen LogP contribution in [0, 0.1) is 6.92 Å². The normalized spacial score (nSPS) is 15.1. The van der Waals surface area contributed by atoms with Crippen LogP contribution < -0.4 is 4.90 Å². The Morgan fingerprint density at radius 3 is 2.43 bits per heavy atom. The summed E-state index contributed by atoms with van der Waals surface area (Å²) < 4.78 is 28.5. The predicted octanol–water partition coefficient (Wildman–Crippen LogP) is 5.03. The lowest BCUT2D eigenvalue weighted by atomic mass is 10.2. The summed E-state index contributed by atoms with van der Waals surface area (Å²) in [5, 5.41) is 1.25. The number of aromatic nitrogens is 1. The van der Waals surface area contributed by atoms with Crippen molar-refractivity contribution in [2.45, 2.75) is 37.5 Å². The van der Waals surface area contributed by atoms with E-state index in [9.17, 15) is 13.2 Å². The van der Waals surface area contributed by atoms with Crippen molar-refractivity contribution in [2.24, 2.45) is 0 Å². The monoisotopic (exact) mass is 534 g/mol. The fourth-order valence-corrected chi connectivity index (χ4v) is 7.23. The van der Waals surface area contributed by atoms with Gasteiger partial charge in [-0.3, -0.25) is 9.69 Å². The van der Waals surface area contributed by atoms with Crippen LogP contribution in [0.3, 0.4) is 0 Å². The molecule has 0 aliphatic carbocycles. The maximum absolute atomic E-state index is 13.6. The van der Waals surface area contributed by atoms with Gasteiger partial charge in [-0.1, -0.05) is 29.4 Å². The Kier molecular flexibility index (Phi) is 8.12. The third kappa shape index (κ3) is 5.86. The number of thiazole rings is 1. The van der Waals surface area contributed by atoms with E-state index < -0.39 is 10.0 Å². The maximum Gasteiger partial charge on any atom is 0.260 e. The van der Waals surface area contributed by atoms with Gasteiger partial charge in [0.05, 0.1) is 15.1 Å². The third-order valence-corrected chi connectivity index (χ3v) is 9.31. The smallest absolute Gasteiger partial charge is 0.260 e. The van der Waals surface area contributed by atoms with Crippen LogP contribution in [0.2, 0.25) is 5.02 Å². The molecule has 1 saturated heterocycles. The van der Waals surface area contributed by atoms with Crippen LogP contribution in [0.4, 0.5) is 5.13 Å². The summed E-state index contributed by atoms with van der Waals surface area (Å²) in [6, 6.07) is 10.0. The van der Waals surface area contributed by atoms with E-state index in [1.165, 1.54) is 27.8 Å². The van der Waals surface area contributed by atoms with Gasteiger partial charge in [-0.15, -0.1) is 0 Å². The summed E-state index contributed by atoms with van der Waals surface area (Å²) in [7, 11) is 0.447. The fourth-order valence-electron chi connectivity index (χ4n) is 4.27. The number of fused-ring (bicyclic) bond motifs is 1. The van der Waals surface area contributed by atoms with Gasteiger partial charge in [0, 0.05) is 30.2 Å². The number of hydrogen-bond acceptors (Lipinski definition) is 6. The topological polar surface area (TPSA) is 73.8 Å². The Balaban J connectivity index is 1.62. The standard InChI is InChI=1S/C25H31ClN4O3S2/c1-18-16-20(26)17-22-23(18)27-25(34-22)30(15-7-12-28(2)3)24(31)19-8-10-21(11-9-19)35(32,33)29-13-5-4-6-14-29/h8-11,16-17H,4-7,12-15H2,1-3H3. The minimum atomic E-state index is -3.55. The number of piperidine rings is 1. The average Bonchev–Trinajstić information content (AvgIpc) is 3.26. The Morgan fingerprint density at radius 2 is 1.77 bits per heavy atom. The number of anilines is 1. The number of halogens is 1. The van der Waals surface area contributed by atoms with Crippen LogP contribution in [0.15, 0.2) is 41.3 Å². The first-order chi connectivity index (χ1) is 16.7. The molecule has 4 rings (SSSR count). The number of carbonyl (C=O) groups is 1. The Morgan fingerprint density at radius 1 is 1.09 bits per heavy atom. The van der Waals surface area contributed by atoms with Crippen LogP contribution in [0.1, 0.15) is 41.6 Å².